The summed E-state index contributed by atoms with van der Waals surface area (Å²) in [6.45, 7) is 2.07. The van der Waals surface area contributed by atoms with Crippen molar-refractivity contribution >= 4 is 17.2 Å². The molecule has 0 aliphatic carbocycles. The first-order valence-electron chi connectivity index (χ1n) is 5.58. The molecule has 4 nitrogen and oxygen atoms in total. The fourth-order valence-electron chi connectivity index (χ4n) is 1.73. The molecule has 0 saturated carbocycles. The SMILES string of the molecule is CCc1cc(-c2csc(C(N)=O)n2)ccc1OC. The Bertz CT molecular complexity index is 578. The van der Waals surface area contributed by atoms with Gasteiger partial charge < -0.3 is 10.5 Å². The van der Waals surface area contributed by atoms with Gasteiger partial charge in [0.15, 0.2) is 5.01 Å². The highest BCUT2D eigenvalue weighted by molar-refractivity contribution is 7.12. The third-order valence-electron chi connectivity index (χ3n) is 2.67. The topological polar surface area (TPSA) is 65.2 Å². The van der Waals surface area contributed by atoms with Crippen molar-refractivity contribution in [2.24, 2.45) is 5.73 Å². The van der Waals surface area contributed by atoms with Gasteiger partial charge in [-0.25, -0.2) is 4.98 Å². The van der Waals surface area contributed by atoms with Crippen molar-refractivity contribution in [3.8, 4) is 17.0 Å². The van der Waals surface area contributed by atoms with Gasteiger partial charge in [0.2, 0.25) is 0 Å². The van der Waals surface area contributed by atoms with E-state index < -0.39 is 5.91 Å². The molecule has 2 N–H and O–H groups in total. The molecule has 0 aliphatic rings. The van der Waals surface area contributed by atoms with Crippen molar-refractivity contribution in [2.75, 3.05) is 7.11 Å². The summed E-state index contributed by atoms with van der Waals surface area (Å²) in [4.78, 5) is 15.2. The molecule has 1 amide bonds. The van der Waals surface area contributed by atoms with Crippen molar-refractivity contribution in [1.82, 2.24) is 4.98 Å². The average Bonchev–Trinajstić information content (AvgIpc) is 2.87. The number of rotatable bonds is 4. The minimum absolute atomic E-state index is 0.332. The highest BCUT2D eigenvalue weighted by Crippen LogP contribution is 2.27. The molecule has 0 radical (unpaired) electrons. The van der Waals surface area contributed by atoms with Gasteiger partial charge in [0.05, 0.1) is 12.8 Å². The summed E-state index contributed by atoms with van der Waals surface area (Å²) in [5, 5.41) is 2.17. The summed E-state index contributed by atoms with van der Waals surface area (Å²) >= 11 is 1.26. The van der Waals surface area contributed by atoms with E-state index >= 15 is 0 Å². The van der Waals surface area contributed by atoms with Crippen LogP contribution in [0.2, 0.25) is 0 Å². The number of nitrogens with zero attached hydrogens (tertiary/aromatic N) is 1. The molecular weight excluding hydrogens is 248 g/mol. The Morgan fingerprint density at radius 1 is 1.50 bits per heavy atom. The van der Waals surface area contributed by atoms with Gasteiger partial charge in [-0.3, -0.25) is 4.79 Å². The molecule has 5 heteroatoms. The van der Waals surface area contributed by atoms with Gasteiger partial charge in [0.1, 0.15) is 5.75 Å². The van der Waals surface area contributed by atoms with E-state index in [1.807, 2.05) is 23.6 Å². The average molecular weight is 262 g/mol. The van der Waals surface area contributed by atoms with E-state index in [2.05, 4.69) is 11.9 Å². The van der Waals surface area contributed by atoms with Gasteiger partial charge in [0.25, 0.3) is 5.91 Å². The number of nitrogens with two attached hydrogens (primary N) is 1. The number of carbonyl (C=O) groups is 1. The number of benzene rings is 1. The van der Waals surface area contributed by atoms with Crippen LogP contribution >= 0.6 is 11.3 Å². The lowest BCUT2D eigenvalue weighted by atomic mass is 10.1. The number of hydrogen-bond acceptors (Lipinski definition) is 4. The summed E-state index contributed by atoms with van der Waals surface area (Å²) in [5.41, 5.74) is 8.05. The monoisotopic (exact) mass is 262 g/mol. The summed E-state index contributed by atoms with van der Waals surface area (Å²) in [6.07, 6.45) is 0.879. The third kappa shape index (κ3) is 2.36. The van der Waals surface area contributed by atoms with Crippen molar-refractivity contribution in [2.45, 2.75) is 13.3 Å². The molecule has 1 heterocycles. The summed E-state index contributed by atoms with van der Waals surface area (Å²) in [7, 11) is 1.65. The fraction of sp³-hybridized carbons (Fsp3) is 0.231. The van der Waals surface area contributed by atoms with Gasteiger partial charge in [-0.05, 0) is 30.2 Å². The first kappa shape index (κ1) is 12.6. The number of thiazole rings is 1. The van der Waals surface area contributed by atoms with Crippen LogP contribution in [0.15, 0.2) is 23.6 Å². The number of primary amides is 1. The highest BCUT2D eigenvalue weighted by atomic mass is 32.1. The Morgan fingerprint density at radius 3 is 2.83 bits per heavy atom. The predicted octanol–water partition coefficient (Wildman–Crippen LogP) is 2.48. The van der Waals surface area contributed by atoms with Crippen molar-refractivity contribution < 1.29 is 9.53 Å². The Hall–Kier alpha value is -1.88. The van der Waals surface area contributed by atoms with Gasteiger partial charge in [0, 0.05) is 10.9 Å². The zero-order valence-electron chi connectivity index (χ0n) is 10.3. The van der Waals surface area contributed by atoms with Crippen LogP contribution in [0.5, 0.6) is 5.75 Å². The molecule has 94 valence electrons. The first-order chi connectivity index (χ1) is 8.65. The molecule has 0 fully saturated rings. The van der Waals surface area contributed by atoms with E-state index in [0.717, 1.165) is 29.0 Å². The molecule has 0 aliphatic heterocycles. The van der Waals surface area contributed by atoms with Crippen molar-refractivity contribution in [3.63, 3.8) is 0 Å². The smallest absolute Gasteiger partial charge is 0.277 e. The molecule has 2 aromatic rings. The van der Waals surface area contributed by atoms with Crippen LogP contribution in [0, 0.1) is 0 Å². The molecule has 0 spiro atoms. The minimum Gasteiger partial charge on any atom is -0.496 e. The lowest BCUT2D eigenvalue weighted by Crippen LogP contribution is -2.10. The lowest BCUT2D eigenvalue weighted by molar-refractivity contribution is 0.1000. The maximum atomic E-state index is 11.0. The molecule has 0 saturated heterocycles. The molecule has 18 heavy (non-hydrogen) atoms. The van der Waals surface area contributed by atoms with Gasteiger partial charge >= 0.3 is 0 Å². The Labute approximate surface area is 109 Å². The maximum absolute atomic E-state index is 11.0. The number of hydrogen-bond donors (Lipinski definition) is 1. The maximum Gasteiger partial charge on any atom is 0.277 e. The second-order valence-electron chi connectivity index (χ2n) is 3.78. The van der Waals surface area contributed by atoms with Crippen LogP contribution in [-0.4, -0.2) is 18.0 Å². The lowest BCUT2D eigenvalue weighted by Gasteiger charge is -2.07. The van der Waals surface area contributed by atoms with E-state index in [4.69, 9.17) is 10.5 Å². The second kappa shape index (κ2) is 5.18. The van der Waals surface area contributed by atoms with Crippen molar-refractivity contribution in [1.29, 1.82) is 0 Å². The Kier molecular flexibility index (Phi) is 3.62. The van der Waals surface area contributed by atoms with E-state index in [-0.39, 0.29) is 0 Å². The molecular formula is C13H14N2O2S. The molecule has 1 aromatic heterocycles. The predicted molar refractivity (Wildman–Crippen MR) is 72.0 cm³/mol. The van der Waals surface area contributed by atoms with Crippen LogP contribution in [0.4, 0.5) is 0 Å². The number of carbonyl (C=O) groups excluding carboxylic acids is 1. The van der Waals surface area contributed by atoms with E-state index in [1.54, 1.807) is 7.11 Å². The normalized spacial score (nSPS) is 10.3. The van der Waals surface area contributed by atoms with Crippen LogP contribution in [0.1, 0.15) is 22.3 Å². The summed E-state index contributed by atoms with van der Waals surface area (Å²) < 4.78 is 5.28. The zero-order chi connectivity index (χ0) is 13.1. The Balaban J connectivity index is 2.41. The van der Waals surface area contributed by atoms with Crippen molar-refractivity contribution in [3.05, 3.63) is 34.2 Å². The Morgan fingerprint density at radius 2 is 2.28 bits per heavy atom. The van der Waals surface area contributed by atoms with E-state index in [0.29, 0.717) is 5.01 Å². The molecule has 2 rings (SSSR count). The van der Waals surface area contributed by atoms with Crippen LogP contribution in [0.3, 0.4) is 0 Å². The fourth-order valence-corrected chi connectivity index (χ4v) is 2.41. The van der Waals surface area contributed by atoms with Gasteiger partial charge in [-0.1, -0.05) is 6.92 Å². The molecule has 1 aromatic carbocycles. The zero-order valence-corrected chi connectivity index (χ0v) is 11.1. The number of amides is 1. The molecule has 0 unspecified atom stereocenters. The third-order valence-corrected chi connectivity index (χ3v) is 3.53. The first-order valence-corrected chi connectivity index (χ1v) is 6.46. The van der Waals surface area contributed by atoms with E-state index in [1.165, 1.54) is 11.3 Å². The minimum atomic E-state index is -0.490. The van der Waals surface area contributed by atoms with Gasteiger partial charge in [-0.15, -0.1) is 11.3 Å². The number of aromatic nitrogens is 1. The quantitative estimate of drug-likeness (QED) is 0.920. The summed E-state index contributed by atoms with van der Waals surface area (Å²) in [6, 6.07) is 5.87. The van der Waals surface area contributed by atoms with Crippen LogP contribution in [-0.2, 0) is 6.42 Å². The highest BCUT2D eigenvalue weighted by Gasteiger charge is 2.10. The standard InChI is InChI=1S/C13H14N2O2S/c1-3-8-6-9(4-5-11(8)17-2)10-7-18-13(15-10)12(14)16/h4-7H,3H2,1-2H3,(H2,14,16). The largest absolute Gasteiger partial charge is 0.496 e. The number of aryl methyl sites for hydroxylation is 1. The second-order valence-corrected chi connectivity index (χ2v) is 4.64. The number of ether oxygens (including phenoxy) is 1. The van der Waals surface area contributed by atoms with Crippen LogP contribution in [0.25, 0.3) is 11.3 Å². The van der Waals surface area contributed by atoms with Crippen LogP contribution < -0.4 is 10.5 Å². The molecule has 0 bridgehead atoms. The molecule has 0 atom stereocenters. The van der Waals surface area contributed by atoms with Gasteiger partial charge in [-0.2, -0.15) is 0 Å². The summed E-state index contributed by atoms with van der Waals surface area (Å²) in [5.74, 6) is 0.377. The number of methoxy groups -OCH3 is 1. The van der Waals surface area contributed by atoms with E-state index in [9.17, 15) is 4.79 Å².